The zero-order valence-electron chi connectivity index (χ0n) is 34.0. The molecule has 4 N–H and O–H groups in total. The van der Waals surface area contributed by atoms with Crippen LogP contribution in [0.2, 0.25) is 0 Å². The highest BCUT2D eigenvalue weighted by atomic mass is 16.8. The third kappa shape index (κ3) is 7.94. The molecule has 2 spiro atoms. The van der Waals surface area contributed by atoms with Crippen molar-refractivity contribution in [2.75, 3.05) is 0 Å². The van der Waals surface area contributed by atoms with E-state index in [-0.39, 0.29) is 41.8 Å². The minimum absolute atomic E-state index is 0.0137. The van der Waals surface area contributed by atoms with Crippen LogP contribution in [0.5, 0.6) is 0 Å². The first-order valence-corrected chi connectivity index (χ1v) is 20.7. The van der Waals surface area contributed by atoms with Gasteiger partial charge < -0.3 is 44.1 Å². The summed E-state index contributed by atoms with van der Waals surface area (Å²) in [5, 5.41) is 44.0. The number of carboxylic acids is 1. The molecule has 14 unspecified atom stereocenters. The van der Waals surface area contributed by atoms with Crippen LogP contribution >= 0.6 is 0 Å². The second-order valence-electron chi connectivity index (χ2n) is 17.9. The molecule has 0 aromatic heterocycles. The van der Waals surface area contributed by atoms with Gasteiger partial charge in [-0.05, 0) is 95.6 Å². The van der Waals surface area contributed by atoms with Crippen LogP contribution in [-0.2, 0) is 33.3 Å². The fraction of sp³-hybridized carbons (Fsp3) is 0.905. The number of carbonyl (C=O) groups is 2. The molecule has 0 aromatic carbocycles. The van der Waals surface area contributed by atoms with E-state index in [4.69, 9.17) is 23.7 Å². The number of hydrogen-bond acceptors (Lipinski definition) is 10. The monoisotopic (exact) mass is 750 g/mol. The summed E-state index contributed by atoms with van der Waals surface area (Å²) < 4.78 is 33.5. The molecular weight excluding hydrogens is 680 g/mol. The van der Waals surface area contributed by atoms with E-state index in [0.717, 1.165) is 6.42 Å². The first-order chi connectivity index (χ1) is 24.8. The third-order valence-electron chi connectivity index (χ3n) is 14.4. The van der Waals surface area contributed by atoms with E-state index in [9.17, 15) is 30.0 Å². The van der Waals surface area contributed by atoms with E-state index in [1.54, 1.807) is 19.1 Å². The van der Waals surface area contributed by atoms with E-state index in [1.165, 1.54) is 0 Å². The van der Waals surface area contributed by atoms with Crippen molar-refractivity contribution in [3.63, 3.8) is 0 Å². The smallest absolute Gasteiger partial charge is 0.309 e. The average molecular weight is 751 g/mol. The quantitative estimate of drug-likeness (QED) is 0.169. The maximum atomic E-state index is 14.4. The molecule has 0 aromatic rings. The number of hydrogen-bond donors (Lipinski definition) is 4. The van der Waals surface area contributed by atoms with Crippen molar-refractivity contribution in [2.45, 2.75) is 199 Å². The van der Waals surface area contributed by atoms with E-state index in [0.29, 0.717) is 57.8 Å². The van der Waals surface area contributed by atoms with Crippen LogP contribution in [0.1, 0.15) is 133 Å². The Labute approximate surface area is 317 Å². The number of carbonyl (C=O) groups excluding carboxylic acids is 1. The molecule has 4 fully saturated rings. The zero-order chi connectivity index (χ0) is 39.3. The van der Waals surface area contributed by atoms with E-state index >= 15 is 0 Å². The number of Topliss-reactive ketones (excluding diaryl/α,β-unsaturated/α-hetero) is 1. The lowest BCUT2D eigenvalue weighted by atomic mass is 9.72. The number of aliphatic hydroxyl groups is 3. The molecule has 11 heteroatoms. The predicted octanol–water partition coefficient (Wildman–Crippen LogP) is 6.19. The Morgan fingerprint density at radius 3 is 2.17 bits per heavy atom. The van der Waals surface area contributed by atoms with E-state index in [1.807, 2.05) is 41.5 Å². The van der Waals surface area contributed by atoms with Crippen LogP contribution in [0.15, 0.2) is 12.2 Å². The van der Waals surface area contributed by atoms with Crippen LogP contribution < -0.4 is 0 Å². The van der Waals surface area contributed by atoms with Crippen LogP contribution in [0, 0.1) is 41.4 Å². The summed E-state index contributed by atoms with van der Waals surface area (Å²) in [7, 11) is 0. The molecule has 5 aliphatic heterocycles. The lowest BCUT2D eigenvalue weighted by Crippen LogP contribution is -2.63. The second kappa shape index (κ2) is 16.2. The Morgan fingerprint density at radius 1 is 0.887 bits per heavy atom. The summed E-state index contributed by atoms with van der Waals surface area (Å²) in [6.45, 7) is 19.6. The molecule has 304 valence electrons. The maximum Gasteiger partial charge on any atom is 0.309 e. The van der Waals surface area contributed by atoms with Gasteiger partial charge in [0.15, 0.2) is 5.79 Å². The number of rotatable bonds is 12. The number of aliphatic carboxylic acids is 1. The molecule has 5 aliphatic rings. The van der Waals surface area contributed by atoms with Crippen molar-refractivity contribution in [3.8, 4) is 0 Å². The van der Waals surface area contributed by atoms with Gasteiger partial charge >= 0.3 is 5.97 Å². The SMILES string of the molecule is CCC(C(=O)C(C)[C@@H](O)[C@H](C)C1OC([C@@H](CC)C(=O)O)CCC1C)C1OC2(C=CC(O)C3(CCC(C)(C4CCC(O)(CC)[C@H](C)O4)O3)O2)C(C)CC1C. The zero-order valence-corrected chi connectivity index (χ0v) is 34.0. The summed E-state index contributed by atoms with van der Waals surface area (Å²) in [6, 6.07) is 0. The van der Waals surface area contributed by atoms with E-state index < -0.39 is 76.8 Å². The third-order valence-corrected chi connectivity index (χ3v) is 14.4. The van der Waals surface area contributed by atoms with Gasteiger partial charge in [-0.2, -0.15) is 0 Å². The highest BCUT2D eigenvalue weighted by Gasteiger charge is 2.63. The fourth-order valence-corrected chi connectivity index (χ4v) is 10.5. The Hall–Kier alpha value is -1.44. The molecule has 0 saturated carbocycles. The van der Waals surface area contributed by atoms with Gasteiger partial charge in [-0.3, -0.25) is 9.59 Å². The van der Waals surface area contributed by atoms with Gasteiger partial charge in [0.2, 0.25) is 5.79 Å². The molecule has 0 bridgehead atoms. The highest BCUT2D eigenvalue weighted by molar-refractivity contribution is 5.84. The predicted molar refractivity (Wildman–Crippen MR) is 199 cm³/mol. The maximum absolute atomic E-state index is 14.4. The van der Waals surface area contributed by atoms with Crippen LogP contribution in [0.3, 0.4) is 0 Å². The molecule has 0 radical (unpaired) electrons. The summed E-state index contributed by atoms with van der Waals surface area (Å²) >= 11 is 0. The molecular formula is C42H70O11. The largest absolute Gasteiger partial charge is 0.481 e. The molecule has 0 aliphatic carbocycles. The van der Waals surface area contributed by atoms with Crippen molar-refractivity contribution in [2.24, 2.45) is 41.4 Å². The summed E-state index contributed by atoms with van der Waals surface area (Å²) in [5.41, 5.74) is -1.63. The molecule has 5 rings (SSSR count). The Bertz CT molecular complexity index is 1320. The molecule has 0 amide bonds. The van der Waals surface area contributed by atoms with Crippen molar-refractivity contribution >= 4 is 11.8 Å². The highest BCUT2D eigenvalue weighted by Crippen LogP contribution is 2.54. The minimum Gasteiger partial charge on any atom is -0.481 e. The molecule has 18 atom stereocenters. The average Bonchev–Trinajstić information content (AvgIpc) is 3.47. The summed E-state index contributed by atoms with van der Waals surface area (Å²) in [5.74, 6) is -5.78. The molecule has 53 heavy (non-hydrogen) atoms. The van der Waals surface area contributed by atoms with Gasteiger partial charge in [0.1, 0.15) is 11.9 Å². The number of ether oxygens (including phenoxy) is 5. The summed E-state index contributed by atoms with van der Waals surface area (Å²) in [6.07, 6.45) is 5.51. The van der Waals surface area contributed by atoms with Crippen molar-refractivity contribution in [3.05, 3.63) is 12.2 Å². The van der Waals surface area contributed by atoms with Gasteiger partial charge in [-0.1, -0.05) is 55.4 Å². The first-order valence-electron chi connectivity index (χ1n) is 20.7. The standard InChI is InChI=1S/C42H70O11/c1-11-29(38(46)47)31-15-14-23(4)36(50-31)27(8)34(44)26(7)35(45)30(12-2)37-24(5)22-25(6)41(51-37)19-16-32(43)42(53-41)21-20-39(10,52-42)33-17-18-40(48,13-3)28(9)49-33/h16,19,23-34,36-37,43-44,48H,11-15,17-18,20-22H2,1-10H3,(H,46,47)/t23?,24?,25?,26?,27-,28-,29+,30?,31?,32?,33?,34+,36?,37?,39?,40?,41?,42?/m0/s1. The van der Waals surface area contributed by atoms with Gasteiger partial charge in [-0.25, -0.2) is 0 Å². The number of ketones is 1. The second-order valence-corrected chi connectivity index (χ2v) is 17.9. The Kier molecular flexibility index (Phi) is 13.0. The minimum atomic E-state index is -1.37. The van der Waals surface area contributed by atoms with Crippen LogP contribution in [0.25, 0.3) is 0 Å². The number of aliphatic hydroxyl groups excluding tert-OH is 2. The molecule has 4 saturated heterocycles. The van der Waals surface area contributed by atoms with Crippen LogP contribution in [-0.4, -0.2) is 97.7 Å². The van der Waals surface area contributed by atoms with Gasteiger partial charge in [0.25, 0.3) is 0 Å². The van der Waals surface area contributed by atoms with Crippen molar-refractivity contribution in [1.82, 2.24) is 0 Å². The molecule has 5 heterocycles. The van der Waals surface area contributed by atoms with Crippen LogP contribution in [0.4, 0.5) is 0 Å². The summed E-state index contributed by atoms with van der Waals surface area (Å²) in [4.78, 5) is 26.4. The normalized spacial score (nSPS) is 46.2. The number of carboxylic acid groups (broad SMARTS) is 1. The fourth-order valence-electron chi connectivity index (χ4n) is 10.5. The first kappa shape index (κ1) is 42.7. The lowest BCUT2D eigenvalue weighted by Gasteiger charge is -2.54. The topological polar surface area (TPSA) is 161 Å². The lowest BCUT2D eigenvalue weighted by molar-refractivity contribution is -0.409. The van der Waals surface area contributed by atoms with Crippen molar-refractivity contribution in [1.29, 1.82) is 0 Å². The van der Waals surface area contributed by atoms with E-state index in [2.05, 4.69) is 20.8 Å². The Balaban J connectivity index is 1.31. The van der Waals surface area contributed by atoms with Gasteiger partial charge in [0.05, 0.1) is 53.7 Å². The Morgan fingerprint density at radius 2 is 1.57 bits per heavy atom. The van der Waals surface area contributed by atoms with Gasteiger partial charge in [-0.15, -0.1) is 0 Å². The van der Waals surface area contributed by atoms with Crippen molar-refractivity contribution < 1.29 is 53.7 Å². The molecule has 11 nitrogen and oxygen atoms in total. The van der Waals surface area contributed by atoms with Gasteiger partial charge in [0, 0.05) is 30.1 Å².